The third kappa shape index (κ3) is 5.13. The predicted molar refractivity (Wildman–Crippen MR) is 108 cm³/mol. The van der Waals surface area contributed by atoms with Crippen LogP contribution in [0.3, 0.4) is 0 Å². The summed E-state index contributed by atoms with van der Waals surface area (Å²) in [5, 5.41) is 0. The molecule has 0 saturated heterocycles. The molecule has 0 aliphatic heterocycles. The monoisotopic (exact) mass is 428 g/mol. The highest BCUT2D eigenvalue weighted by atomic mass is 16.6. The molecule has 1 aliphatic rings. The van der Waals surface area contributed by atoms with Crippen LogP contribution in [0.4, 0.5) is 0 Å². The molecule has 0 bridgehead atoms. The molecule has 0 spiro atoms. The van der Waals surface area contributed by atoms with Gasteiger partial charge in [-0.3, -0.25) is 19.2 Å². The number of hydrogen-bond acceptors (Lipinski definition) is 8. The maximum atomic E-state index is 13.4. The first kappa shape index (κ1) is 25.9. The lowest BCUT2D eigenvalue weighted by molar-refractivity contribution is -0.214. The van der Waals surface area contributed by atoms with E-state index in [1.807, 2.05) is 0 Å². The topological polar surface area (TPSA) is 105 Å². The maximum Gasteiger partial charge on any atom is 0.325 e. The van der Waals surface area contributed by atoms with Crippen LogP contribution in [0, 0.1) is 10.8 Å². The van der Waals surface area contributed by atoms with Gasteiger partial charge in [-0.15, -0.1) is 0 Å². The van der Waals surface area contributed by atoms with E-state index in [2.05, 4.69) is 0 Å². The zero-order chi connectivity index (χ0) is 23.3. The molecule has 1 fully saturated rings. The molecule has 30 heavy (non-hydrogen) atoms. The van der Waals surface area contributed by atoms with Crippen LogP contribution in [0.25, 0.3) is 0 Å². The zero-order valence-corrected chi connectivity index (χ0v) is 19.4. The summed E-state index contributed by atoms with van der Waals surface area (Å²) >= 11 is 0. The van der Waals surface area contributed by atoms with Gasteiger partial charge in [0, 0.05) is 0 Å². The first-order valence-electron chi connectivity index (χ1n) is 10.7. The SMILES string of the molecule is CC(C)OC(=O)C1(C(=O)OC(C)C)CCCCC1(C(=O)OC(C)C)C(=O)OC(C)C. The van der Waals surface area contributed by atoms with E-state index < -0.39 is 59.1 Å². The molecule has 8 nitrogen and oxygen atoms in total. The molecule has 1 rings (SSSR count). The maximum absolute atomic E-state index is 13.4. The van der Waals surface area contributed by atoms with Gasteiger partial charge in [0.05, 0.1) is 24.4 Å². The number of carbonyl (C=O) groups excluding carboxylic acids is 4. The number of hydrogen-bond donors (Lipinski definition) is 0. The normalized spacial score (nSPS) is 17.7. The van der Waals surface area contributed by atoms with Crippen molar-refractivity contribution in [3.63, 3.8) is 0 Å². The van der Waals surface area contributed by atoms with Crippen molar-refractivity contribution >= 4 is 23.9 Å². The van der Waals surface area contributed by atoms with Crippen molar-refractivity contribution in [2.24, 2.45) is 10.8 Å². The Morgan fingerprint density at radius 1 is 0.500 bits per heavy atom. The largest absolute Gasteiger partial charge is 0.462 e. The highest BCUT2D eigenvalue weighted by Crippen LogP contribution is 2.54. The molecule has 0 radical (unpaired) electrons. The average Bonchev–Trinajstić information content (AvgIpc) is 2.58. The van der Waals surface area contributed by atoms with E-state index in [1.165, 1.54) is 0 Å². The summed E-state index contributed by atoms with van der Waals surface area (Å²) in [6, 6.07) is 0. The Morgan fingerprint density at radius 2 is 0.700 bits per heavy atom. The third-order valence-electron chi connectivity index (χ3n) is 4.85. The highest BCUT2D eigenvalue weighted by Gasteiger charge is 2.74. The highest BCUT2D eigenvalue weighted by molar-refractivity contribution is 6.14. The van der Waals surface area contributed by atoms with Gasteiger partial charge in [-0.2, -0.15) is 0 Å². The average molecular weight is 429 g/mol. The Kier molecular flexibility index (Phi) is 8.87. The van der Waals surface area contributed by atoms with Crippen molar-refractivity contribution in [2.45, 2.75) is 105 Å². The Bertz CT molecular complexity index is 548. The lowest BCUT2D eigenvalue weighted by Gasteiger charge is -2.46. The summed E-state index contributed by atoms with van der Waals surface area (Å²) in [5.41, 5.74) is -4.37. The standard InChI is InChI=1S/C22H36O8/c1-13(2)27-17(23)21(18(24)28-14(3)4)11-9-10-12-22(21,19(25)29-15(5)6)20(26)30-16(7)8/h13-16H,9-12H2,1-8H3. The van der Waals surface area contributed by atoms with Crippen LogP contribution in [-0.4, -0.2) is 48.3 Å². The molecule has 172 valence electrons. The van der Waals surface area contributed by atoms with Crippen LogP contribution in [0.5, 0.6) is 0 Å². The van der Waals surface area contributed by atoms with Crippen LogP contribution in [0.1, 0.15) is 81.1 Å². The second-order valence-electron chi connectivity index (χ2n) is 8.83. The van der Waals surface area contributed by atoms with Crippen LogP contribution in [-0.2, 0) is 38.1 Å². The van der Waals surface area contributed by atoms with Gasteiger partial charge in [0.2, 0.25) is 0 Å². The van der Waals surface area contributed by atoms with Crippen molar-refractivity contribution in [1.82, 2.24) is 0 Å². The van der Waals surface area contributed by atoms with Crippen LogP contribution in [0.15, 0.2) is 0 Å². The molecule has 8 heteroatoms. The Balaban J connectivity index is 3.81. The molecule has 0 atom stereocenters. The molecule has 0 aromatic heterocycles. The minimum atomic E-state index is -2.18. The quantitative estimate of drug-likeness (QED) is 0.329. The summed E-state index contributed by atoms with van der Waals surface area (Å²) in [6.07, 6.45) is -1.55. The van der Waals surface area contributed by atoms with E-state index >= 15 is 0 Å². The van der Waals surface area contributed by atoms with Crippen molar-refractivity contribution < 1.29 is 38.1 Å². The summed E-state index contributed by atoms with van der Waals surface area (Å²) in [7, 11) is 0. The van der Waals surface area contributed by atoms with E-state index in [0.717, 1.165) is 0 Å². The zero-order valence-electron chi connectivity index (χ0n) is 19.4. The second kappa shape index (κ2) is 10.3. The molecule has 1 aliphatic carbocycles. The minimum Gasteiger partial charge on any atom is -0.462 e. The fourth-order valence-corrected chi connectivity index (χ4v) is 3.74. The second-order valence-corrected chi connectivity index (χ2v) is 8.83. The van der Waals surface area contributed by atoms with Crippen LogP contribution < -0.4 is 0 Å². The molecular formula is C22H36O8. The molecule has 0 aromatic carbocycles. The lowest BCUT2D eigenvalue weighted by atomic mass is 9.55. The summed E-state index contributed by atoms with van der Waals surface area (Å²) in [4.78, 5) is 53.6. The smallest absolute Gasteiger partial charge is 0.325 e. The molecular weight excluding hydrogens is 392 g/mol. The van der Waals surface area contributed by atoms with Gasteiger partial charge < -0.3 is 18.9 Å². The number of carbonyl (C=O) groups is 4. The Labute approximate surface area is 178 Å². The van der Waals surface area contributed by atoms with Gasteiger partial charge in [0.1, 0.15) is 0 Å². The first-order valence-corrected chi connectivity index (χ1v) is 10.7. The molecule has 0 N–H and O–H groups in total. The van der Waals surface area contributed by atoms with Crippen molar-refractivity contribution in [3.05, 3.63) is 0 Å². The van der Waals surface area contributed by atoms with E-state index in [-0.39, 0.29) is 12.8 Å². The van der Waals surface area contributed by atoms with Gasteiger partial charge in [0.15, 0.2) is 10.8 Å². The summed E-state index contributed by atoms with van der Waals surface area (Å²) in [6.45, 7) is 13.0. The van der Waals surface area contributed by atoms with Crippen LogP contribution >= 0.6 is 0 Å². The Hall–Kier alpha value is -2.12. The predicted octanol–water partition coefficient (Wildman–Crippen LogP) is 3.34. The van der Waals surface area contributed by atoms with Crippen LogP contribution in [0.2, 0.25) is 0 Å². The van der Waals surface area contributed by atoms with Gasteiger partial charge in [-0.05, 0) is 68.2 Å². The molecule has 0 unspecified atom stereocenters. The summed E-state index contributed by atoms with van der Waals surface area (Å²) < 4.78 is 21.6. The molecule has 0 heterocycles. The number of ether oxygens (including phenoxy) is 4. The van der Waals surface area contributed by atoms with Gasteiger partial charge >= 0.3 is 23.9 Å². The first-order chi connectivity index (χ1) is 13.8. The van der Waals surface area contributed by atoms with Gasteiger partial charge in [-0.25, -0.2) is 0 Å². The lowest BCUT2D eigenvalue weighted by Crippen LogP contribution is -2.65. The summed E-state index contributed by atoms with van der Waals surface area (Å²) in [5.74, 6) is -3.87. The van der Waals surface area contributed by atoms with Gasteiger partial charge in [0.25, 0.3) is 0 Å². The van der Waals surface area contributed by atoms with Gasteiger partial charge in [-0.1, -0.05) is 12.8 Å². The fraction of sp³-hybridized carbons (Fsp3) is 0.818. The Morgan fingerprint density at radius 3 is 0.867 bits per heavy atom. The van der Waals surface area contributed by atoms with Crippen molar-refractivity contribution in [1.29, 1.82) is 0 Å². The number of rotatable bonds is 8. The van der Waals surface area contributed by atoms with E-state index in [1.54, 1.807) is 55.4 Å². The van der Waals surface area contributed by atoms with Crippen molar-refractivity contribution in [3.8, 4) is 0 Å². The van der Waals surface area contributed by atoms with E-state index in [9.17, 15) is 19.2 Å². The van der Waals surface area contributed by atoms with E-state index in [4.69, 9.17) is 18.9 Å². The van der Waals surface area contributed by atoms with Crippen molar-refractivity contribution in [2.75, 3.05) is 0 Å². The number of esters is 4. The third-order valence-corrected chi connectivity index (χ3v) is 4.85. The molecule has 0 amide bonds. The fourth-order valence-electron chi connectivity index (χ4n) is 3.74. The van der Waals surface area contributed by atoms with E-state index in [0.29, 0.717) is 12.8 Å². The molecule has 1 saturated carbocycles. The minimum absolute atomic E-state index is 0.0789. The molecule has 0 aromatic rings.